The predicted molar refractivity (Wildman–Crippen MR) is 81.8 cm³/mol. The number of fused-ring (bicyclic) bond motifs is 1. The molecule has 0 aliphatic carbocycles. The van der Waals surface area contributed by atoms with Crippen LogP contribution in [0.1, 0.15) is 37.8 Å². The highest BCUT2D eigenvalue weighted by Crippen LogP contribution is 2.20. The smallest absolute Gasteiger partial charge is 0.235 e. The van der Waals surface area contributed by atoms with E-state index in [1.165, 1.54) is 7.05 Å². The fourth-order valence-electron chi connectivity index (χ4n) is 2.49. The second kappa shape index (κ2) is 6.33. The number of nitrogens with one attached hydrogen (secondary N) is 1. The van der Waals surface area contributed by atoms with Crippen LogP contribution in [0.3, 0.4) is 0 Å². The Hall–Kier alpha value is -1.48. The van der Waals surface area contributed by atoms with Crippen LogP contribution in [0.5, 0.6) is 0 Å². The summed E-state index contributed by atoms with van der Waals surface area (Å²) in [5.74, 6) is 1.84. The van der Waals surface area contributed by atoms with Gasteiger partial charge in [0.1, 0.15) is 11.6 Å². The fraction of sp³-hybridized carbons (Fsp3) is 0.769. The van der Waals surface area contributed by atoms with Gasteiger partial charge in [-0.25, -0.2) is 8.42 Å². The Morgan fingerprint density at radius 3 is 2.73 bits per heavy atom. The van der Waals surface area contributed by atoms with Crippen LogP contribution in [0.4, 0.5) is 0 Å². The molecule has 1 amide bonds. The van der Waals surface area contributed by atoms with Gasteiger partial charge >= 0.3 is 0 Å². The molecule has 1 aromatic heterocycles. The van der Waals surface area contributed by atoms with E-state index in [4.69, 9.17) is 0 Å². The standard InChI is InChI=1S/C13H23N5O3S/c1-9(2)13-16-15-11-6-5-10(7-18(11)13)14-12(19)8-17(3)22(4,20)21/h9-10H,5-8H2,1-4H3,(H,14,19)/t10-/m1/s1. The molecule has 1 atom stereocenters. The van der Waals surface area contributed by atoms with Gasteiger partial charge < -0.3 is 9.88 Å². The molecule has 0 fully saturated rings. The third-order valence-corrected chi connectivity index (χ3v) is 5.05. The maximum Gasteiger partial charge on any atom is 0.235 e. The van der Waals surface area contributed by atoms with E-state index < -0.39 is 10.0 Å². The number of hydrogen-bond acceptors (Lipinski definition) is 5. The lowest BCUT2D eigenvalue weighted by Gasteiger charge is -2.26. The van der Waals surface area contributed by atoms with E-state index in [1.54, 1.807) is 0 Å². The molecule has 2 heterocycles. The Kier molecular flexibility index (Phi) is 4.86. The molecule has 0 saturated carbocycles. The van der Waals surface area contributed by atoms with E-state index in [9.17, 15) is 13.2 Å². The van der Waals surface area contributed by atoms with Gasteiger partial charge in [-0.2, -0.15) is 4.31 Å². The van der Waals surface area contributed by atoms with Crippen molar-refractivity contribution in [2.45, 2.75) is 45.2 Å². The Labute approximate surface area is 130 Å². The quantitative estimate of drug-likeness (QED) is 0.801. The molecule has 1 aliphatic heterocycles. The Morgan fingerprint density at radius 1 is 1.45 bits per heavy atom. The van der Waals surface area contributed by atoms with Gasteiger partial charge in [0.25, 0.3) is 0 Å². The van der Waals surface area contributed by atoms with Gasteiger partial charge in [0.2, 0.25) is 15.9 Å². The lowest BCUT2D eigenvalue weighted by Crippen LogP contribution is -2.45. The first-order chi connectivity index (χ1) is 10.2. The first kappa shape index (κ1) is 16.9. The summed E-state index contributed by atoms with van der Waals surface area (Å²) < 4.78 is 25.8. The van der Waals surface area contributed by atoms with Gasteiger partial charge in [-0.1, -0.05) is 13.8 Å². The molecule has 0 bridgehead atoms. The molecule has 2 rings (SSSR count). The number of carbonyl (C=O) groups is 1. The van der Waals surface area contributed by atoms with Crippen LogP contribution in [0.15, 0.2) is 0 Å². The van der Waals surface area contributed by atoms with Crippen LogP contribution in [0.2, 0.25) is 0 Å². The van der Waals surface area contributed by atoms with E-state index in [2.05, 4.69) is 33.9 Å². The minimum absolute atomic E-state index is 0.0264. The van der Waals surface area contributed by atoms with Gasteiger partial charge in [0.15, 0.2) is 0 Å². The highest BCUT2D eigenvalue weighted by Gasteiger charge is 2.25. The third-order valence-electron chi connectivity index (χ3n) is 3.79. The molecule has 0 aromatic carbocycles. The summed E-state index contributed by atoms with van der Waals surface area (Å²) in [7, 11) is -1.96. The first-order valence-electron chi connectivity index (χ1n) is 7.31. The zero-order valence-electron chi connectivity index (χ0n) is 13.4. The molecule has 124 valence electrons. The van der Waals surface area contributed by atoms with Crippen molar-refractivity contribution in [3.63, 3.8) is 0 Å². The highest BCUT2D eigenvalue weighted by molar-refractivity contribution is 7.88. The van der Waals surface area contributed by atoms with Crippen molar-refractivity contribution in [2.75, 3.05) is 19.8 Å². The number of likely N-dealkylation sites (N-methyl/N-ethyl adjacent to an activating group) is 1. The number of carbonyl (C=O) groups excluding carboxylic acids is 1. The van der Waals surface area contributed by atoms with Crippen LogP contribution < -0.4 is 5.32 Å². The molecule has 9 heteroatoms. The number of nitrogens with zero attached hydrogens (tertiary/aromatic N) is 4. The number of rotatable bonds is 5. The van der Waals surface area contributed by atoms with Crippen molar-refractivity contribution in [3.05, 3.63) is 11.6 Å². The summed E-state index contributed by atoms with van der Waals surface area (Å²) in [6.45, 7) is 4.58. The van der Waals surface area contributed by atoms with Crippen molar-refractivity contribution in [1.82, 2.24) is 24.4 Å². The normalized spacial score (nSPS) is 18.5. The predicted octanol–water partition coefficient (Wildman–Crippen LogP) is -0.276. The van der Waals surface area contributed by atoms with Crippen molar-refractivity contribution in [2.24, 2.45) is 0 Å². The monoisotopic (exact) mass is 329 g/mol. The maximum absolute atomic E-state index is 12.0. The van der Waals surface area contributed by atoms with E-state index in [0.717, 1.165) is 35.1 Å². The molecule has 8 nitrogen and oxygen atoms in total. The SMILES string of the molecule is CC(C)c1nnc2n1C[C@H](NC(=O)CN(C)S(C)(=O)=O)CC2. The Bertz CT molecular complexity index is 653. The third kappa shape index (κ3) is 3.83. The molecule has 22 heavy (non-hydrogen) atoms. The zero-order valence-corrected chi connectivity index (χ0v) is 14.2. The lowest BCUT2D eigenvalue weighted by molar-refractivity contribution is -0.122. The molecule has 1 N–H and O–H groups in total. The average Bonchev–Trinajstić information content (AvgIpc) is 2.80. The van der Waals surface area contributed by atoms with Crippen LogP contribution in [-0.4, -0.2) is 59.3 Å². The molecule has 0 radical (unpaired) electrons. The highest BCUT2D eigenvalue weighted by atomic mass is 32.2. The largest absolute Gasteiger partial charge is 0.350 e. The van der Waals surface area contributed by atoms with E-state index >= 15 is 0 Å². The molecule has 1 aliphatic rings. The summed E-state index contributed by atoms with van der Waals surface area (Å²) in [5.41, 5.74) is 0. The number of aromatic nitrogens is 3. The number of amides is 1. The summed E-state index contributed by atoms with van der Waals surface area (Å²) in [6.07, 6.45) is 2.62. The number of sulfonamides is 1. The number of hydrogen-bond donors (Lipinski definition) is 1. The minimum Gasteiger partial charge on any atom is -0.350 e. The molecular formula is C13H23N5O3S. The van der Waals surface area contributed by atoms with Gasteiger partial charge in [0, 0.05) is 32.0 Å². The van der Waals surface area contributed by atoms with Crippen LogP contribution in [0, 0.1) is 0 Å². The average molecular weight is 329 g/mol. The van der Waals surface area contributed by atoms with Crippen molar-refractivity contribution < 1.29 is 13.2 Å². The summed E-state index contributed by atoms with van der Waals surface area (Å²) in [5, 5.41) is 11.3. The van der Waals surface area contributed by atoms with Crippen molar-refractivity contribution in [3.8, 4) is 0 Å². The Morgan fingerprint density at radius 2 is 2.14 bits per heavy atom. The van der Waals surface area contributed by atoms with Crippen LogP contribution in [0.25, 0.3) is 0 Å². The maximum atomic E-state index is 12.0. The van der Waals surface area contributed by atoms with Gasteiger partial charge in [-0.3, -0.25) is 4.79 Å². The molecule has 1 aromatic rings. The molecule has 0 spiro atoms. The first-order valence-corrected chi connectivity index (χ1v) is 9.16. The van der Waals surface area contributed by atoms with E-state index in [1.807, 2.05) is 0 Å². The molecular weight excluding hydrogens is 306 g/mol. The molecule has 0 saturated heterocycles. The topological polar surface area (TPSA) is 97.2 Å². The van der Waals surface area contributed by atoms with Crippen molar-refractivity contribution in [1.29, 1.82) is 0 Å². The Balaban J connectivity index is 1.98. The van der Waals surface area contributed by atoms with Gasteiger partial charge in [-0.05, 0) is 6.42 Å². The van der Waals surface area contributed by atoms with Crippen LogP contribution in [-0.2, 0) is 27.8 Å². The summed E-state index contributed by atoms with van der Waals surface area (Å²) >= 11 is 0. The van der Waals surface area contributed by atoms with Gasteiger partial charge in [-0.15, -0.1) is 10.2 Å². The lowest BCUT2D eigenvalue weighted by atomic mass is 10.1. The minimum atomic E-state index is -3.35. The second-order valence-electron chi connectivity index (χ2n) is 6.06. The zero-order chi connectivity index (χ0) is 16.5. The van der Waals surface area contributed by atoms with E-state index in [0.29, 0.717) is 6.54 Å². The number of aryl methyl sites for hydroxylation is 1. The summed E-state index contributed by atoms with van der Waals surface area (Å²) in [4.78, 5) is 12.0. The molecule has 0 unspecified atom stereocenters. The van der Waals surface area contributed by atoms with Crippen molar-refractivity contribution >= 4 is 15.9 Å². The second-order valence-corrected chi connectivity index (χ2v) is 8.15. The fourth-order valence-corrected chi connectivity index (χ4v) is 2.84. The van der Waals surface area contributed by atoms with Gasteiger partial charge in [0.05, 0.1) is 12.8 Å². The summed E-state index contributed by atoms with van der Waals surface area (Å²) in [6, 6.07) is -0.0264. The van der Waals surface area contributed by atoms with Crippen LogP contribution >= 0.6 is 0 Å². The van der Waals surface area contributed by atoms with E-state index in [-0.39, 0.29) is 24.4 Å².